The Hall–Kier alpha value is -0.890. The van der Waals surface area contributed by atoms with Crippen molar-refractivity contribution in [3.63, 3.8) is 0 Å². The summed E-state index contributed by atoms with van der Waals surface area (Å²) >= 11 is 0. The second-order valence-corrected chi connectivity index (χ2v) is 3.72. The lowest BCUT2D eigenvalue weighted by Crippen LogP contribution is -2.16. The first-order valence-electron chi connectivity index (χ1n) is 5.44. The van der Waals surface area contributed by atoms with Gasteiger partial charge in [0.05, 0.1) is 0 Å². The van der Waals surface area contributed by atoms with E-state index in [1.54, 1.807) is 0 Å². The highest BCUT2D eigenvalue weighted by molar-refractivity contribution is 5.16. The Bertz CT molecular complexity index is 258. The molecule has 2 heteroatoms. The topological polar surface area (TPSA) is 24.9 Å². The summed E-state index contributed by atoms with van der Waals surface area (Å²) in [6.45, 7) is 6.52. The first kappa shape index (κ1) is 11.2. The molecule has 0 atom stereocenters. The van der Waals surface area contributed by atoms with E-state index in [0.29, 0.717) is 0 Å². The van der Waals surface area contributed by atoms with Gasteiger partial charge in [0, 0.05) is 12.4 Å². The fourth-order valence-electron chi connectivity index (χ4n) is 1.47. The normalized spacial score (nSPS) is 10.4. The highest BCUT2D eigenvalue weighted by atomic mass is 14.8. The Morgan fingerprint density at radius 2 is 2.14 bits per heavy atom. The highest BCUT2D eigenvalue weighted by Crippen LogP contribution is 2.03. The number of hydrogen-bond acceptors (Lipinski definition) is 2. The largest absolute Gasteiger partial charge is 0.317 e. The molecule has 0 bridgehead atoms. The lowest BCUT2D eigenvalue weighted by Gasteiger charge is -2.03. The van der Waals surface area contributed by atoms with Crippen LogP contribution < -0.4 is 5.32 Å². The van der Waals surface area contributed by atoms with E-state index in [0.717, 1.165) is 19.5 Å². The standard InChI is InChI=1S/C12H20N2/c1-3-6-13-7-4-5-12-8-11(2)9-14-10-12/h8-10,13H,3-7H2,1-2H3. The van der Waals surface area contributed by atoms with Gasteiger partial charge in [-0.25, -0.2) is 0 Å². The predicted octanol–water partition coefficient (Wildman–Crippen LogP) is 2.32. The van der Waals surface area contributed by atoms with Gasteiger partial charge < -0.3 is 5.32 Å². The molecule has 14 heavy (non-hydrogen) atoms. The quantitative estimate of drug-likeness (QED) is 0.700. The van der Waals surface area contributed by atoms with E-state index >= 15 is 0 Å². The van der Waals surface area contributed by atoms with Gasteiger partial charge in [0.15, 0.2) is 0 Å². The van der Waals surface area contributed by atoms with Gasteiger partial charge in [-0.05, 0) is 50.4 Å². The minimum Gasteiger partial charge on any atom is -0.317 e. The van der Waals surface area contributed by atoms with Gasteiger partial charge in [0.1, 0.15) is 0 Å². The van der Waals surface area contributed by atoms with Crippen LogP contribution in [-0.4, -0.2) is 18.1 Å². The fourth-order valence-corrected chi connectivity index (χ4v) is 1.47. The first-order valence-corrected chi connectivity index (χ1v) is 5.44. The van der Waals surface area contributed by atoms with Gasteiger partial charge in [-0.3, -0.25) is 4.98 Å². The van der Waals surface area contributed by atoms with Crippen molar-refractivity contribution in [1.29, 1.82) is 0 Å². The second kappa shape index (κ2) is 6.55. The molecule has 0 aliphatic carbocycles. The van der Waals surface area contributed by atoms with E-state index in [-0.39, 0.29) is 0 Å². The lowest BCUT2D eigenvalue weighted by molar-refractivity contribution is 0.639. The van der Waals surface area contributed by atoms with Crippen molar-refractivity contribution in [2.75, 3.05) is 13.1 Å². The molecule has 0 saturated carbocycles. The third-order valence-electron chi connectivity index (χ3n) is 2.18. The Balaban J connectivity index is 2.18. The molecule has 0 fully saturated rings. The van der Waals surface area contributed by atoms with Crippen molar-refractivity contribution in [3.05, 3.63) is 29.6 Å². The van der Waals surface area contributed by atoms with Gasteiger partial charge in [0.2, 0.25) is 0 Å². The molecule has 0 aromatic carbocycles. The Morgan fingerprint density at radius 1 is 1.29 bits per heavy atom. The lowest BCUT2D eigenvalue weighted by atomic mass is 10.1. The summed E-state index contributed by atoms with van der Waals surface area (Å²) < 4.78 is 0. The molecule has 1 heterocycles. The molecule has 1 N–H and O–H groups in total. The number of aryl methyl sites for hydroxylation is 2. The number of hydrogen-bond donors (Lipinski definition) is 1. The van der Waals surface area contributed by atoms with Crippen LogP contribution in [0.4, 0.5) is 0 Å². The monoisotopic (exact) mass is 192 g/mol. The SMILES string of the molecule is CCCNCCCc1cncc(C)c1. The maximum atomic E-state index is 4.18. The first-order chi connectivity index (χ1) is 6.83. The van der Waals surface area contributed by atoms with Crippen molar-refractivity contribution in [2.45, 2.75) is 33.1 Å². The number of rotatable bonds is 6. The molecule has 0 radical (unpaired) electrons. The van der Waals surface area contributed by atoms with E-state index in [4.69, 9.17) is 0 Å². The summed E-state index contributed by atoms with van der Waals surface area (Å²) in [6, 6.07) is 2.22. The number of pyridine rings is 1. The molecular weight excluding hydrogens is 172 g/mol. The molecule has 0 aliphatic rings. The van der Waals surface area contributed by atoms with Crippen LogP contribution in [-0.2, 0) is 6.42 Å². The summed E-state index contributed by atoms with van der Waals surface area (Å²) in [5, 5.41) is 3.40. The Morgan fingerprint density at radius 3 is 2.86 bits per heavy atom. The third-order valence-corrected chi connectivity index (χ3v) is 2.18. The van der Waals surface area contributed by atoms with Crippen molar-refractivity contribution in [1.82, 2.24) is 10.3 Å². The van der Waals surface area contributed by atoms with Crippen molar-refractivity contribution in [2.24, 2.45) is 0 Å². The van der Waals surface area contributed by atoms with Crippen LogP contribution in [0.5, 0.6) is 0 Å². The zero-order chi connectivity index (χ0) is 10.2. The summed E-state index contributed by atoms with van der Waals surface area (Å²) in [7, 11) is 0. The molecule has 1 aromatic heterocycles. The van der Waals surface area contributed by atoms with Crippen LogP contribution in [0.3, 0.4) is 0 Å². The van der Waals surface area contributed by atoms with E-state index in [2.05, 4.69) is 30.2 Å². The average Bonchev–Trinajstić information content (AvgIpc) is 2.18. The molecule has 0 saturated heterocycles. The van der Waals surface area contributed by atoms with E-state index in [9.17, 15) is 0 Å². The fraction of sp³-hybridized carbons (Fsp3) is 0.583. The maximum absolute atomic E-state index is 4.18. The number of aromatic nitrogens is 1. The van der Waals surface area contributed by atoms with Crippen molar-refractivity contribution >= 4 is 0 Å². The van der Waals surface area contributed by atoms with Crippen molar-refractivity contribution < 1.29 is 0 Å². The zero-order valence-corrected chi connectivity index (χ0v) is 9.21. The van der Waals surface area contributed by atoms with Gasteiger partial charge in [0.25, 0.3) is 0 Å². The van der Waals surface area contributed by atoms with Gasteiger partial charge in [-0.1, -0.05) is 13.0 Å². The van der Waals surface area contributed by atoms with Gasteiger partial charge >= 0.3 is 0 Å². The molecule has 1 rings (SSSR count). The average molecular weight is 192 g/mol. The van der Waals surface area contributed by atoms with E-state index in [1.807, 2.05) is 12.4 Å². The summed E-state index contributed by atoms with van der Waals surface area (Å²) in [6.07, 6.45) is 7.41. The van der Waals surface area contributed by atoms with Crippen LogP contribution in [0.15, 0.2) is 18.5 Å². The summed E-state index contributed by atoms with van der Waals surface area (Å²) in [4.78, 5) is 4.18. The van der Waals surface area contributed by atoms with Crippen LogP contribution in [0.1, 0.15) is 30.9 Å². The minimum atomic E-state index is 1.11. The van der Waals surface area contributed by atoms with Gasteiger partial charge in [-0.15, -0.1) is 0 Å². The van der Waals surface area contributed by atoms with Gasteiger partial charge in [-0.2, -0.15) is 0 Å². The Kier molecular flexibility index (Phi) is 5.23. The van der Waals surface area contributed by atoms with Crippen LogP contribution in [0.25, 0.3) is 0 Å². The van der Waals surface area contributed by atoms with Crippen LogP contribution in [0, 0.1) is 6.92 Å². The molecule has 0 unspecified atom stereocenters. The maximum Gasteiger partial charge on any atom is 0.0300 e. The molecule has 1 aromatic rings. The van der Waals surface area contributed by atoms with Crippen LogP contribution >= 0.6 is 0 Å². The molecule has 2 nitrogen and oxygen atoms in total. The number of nitrogens with one attached hydrogen (secondary N) is 1. The smallest absolute Gasteiger partial charge is 0.0300 e. The number of nitrogens with zero attached hydrogens (tertiary/aromatic N) is 1. The summed E-state index contributed by atoms with van der Waals surface area (Å²) in [5.41, 5.74) is 2.60. The van der Waals surface area contributed by atoms with Crippen molar-refractivity contribution in [3.8, 4) is 0 Å². The Labute approximate surface area is 86.8 Å². The molecular formula is C12H20N2. The van der Waals surface area contributed by atoms with Crippen LogP contribution in [0.2, 0.25) is 0 Å². The molecule has 0 spiro atoms. The molecule has 0 amide bonds. The highest BCUT2D eigenvalue weighted by Gasteiger charge is 1.93. The predicted molar refractivity (Wildman–Crippen MR) is 60.5 cm³/mol. The van der Waals surface area contributed by atoms with E-state index < -0.39 is 0 Å². The second-order valence-electron chi connectivity index (χ2n) is 3.72. The summed E-state index contributed by atoms with van der Waals surface area (Å²) in [5.74, 6) is 0. The minimum absolute atomic E-state index is 1.11. The third kappa shape index (κ3) is 4.38. The molecule has 78 valence electrons. The van der Waals surface area contributed by atoms with E-state index in [1.165, 1.54) is 24.0 Å². The zero-order valence-electron chi connectivity index (χ0n) is 9.21. The molecule has 0 aliphatic heterocycles.